The fraction of sp³-hybridized carbons (Fsp3) is 0.100. The molecule has 4 aromatic rings. The fourth-order valence-corrected chi connectivity index (χ4v) is 3.20. The molecule has 0 aliphatic heterocycles. The Bertz CT molecular complexity index is 1190. The third-order valence-corrected chi connectivity index (χ3v) is 4.37. The Hall–Kier alpha value is -3.74. The average Bonchev–Trinajstić information content (AvgIpc) is 3.03. The highest BCUT2D eigenvalue weighted by molar-refractivity contribution is 5.85. The first-order chi connectivity index (χ1) is 13.0. The van der Waals surface area contributed by atoms with Gasteiger partial charge in [-0.3, -0.25) is 14.6 Å². The second kappa shape index (κ2) is 6.53. The number of H-pyrrole nitrogens is 1. The van der Waals surface area contributed by atoms with Gasteiger partial charge >= 0.3 is 0 Å². The molecule has 0 aliphatic rings. The molecule has 0 bridgehead atoms. The smallest absolute Gasteiger partial charge is 0.260 e. The summed E-state index contributed by atoms with van der Waals surface area (Å²) in [6, 6.07) is 18.0. The molecule has 27 heavy (non-hydrogen) atoms. The number of amides is 1. The standard InChI is InChI=1S/C20H17N5O2/c1-12-11-16(17(18(21)26)13-7-3-2-4-8-13)25(24-12)20-22-15-10-6-5-9-14(15)19(27)23-20/h2-11,17H,1H3,(H2,21,26)(H,22,23,27). The lowest BCUT2D eigenvalue weighted by Gasteiger charge is -2.15. The minimum atomic E-state index is -0.718. The lowest BCUT2D eigenvalue weighted by atomic mass is 9.95. The molecule has 0 radical (unpaired) electrons. The predicted octanol–water partition coefficient (Wildman–Crippen LogP) is 2.03. The number of fused-ring (bicyclic) bond motifs is 1. The summed E-state index contributed by atoms with van der Waals surface area (Å²) in [7, 11) is 0. The highest BCUT2D eigenvalue weighted by Gasteiger charge is 2.26. The van der Waals surface area contributed by atoms with E-state index in [2.05, 4.69) is 15.1 Å². The van der Waals surface area contributed by atoms with Gasteiger partial charge < -0.3 is 5.73 Å². The maximum Gasteiger partial charge on any atom is 0.260 e. The number of carbonyl (C=O) groups is 1. The van der Waals surface area contributed by atoms with Crippen LogP contribution in [-0.2, 0) is 4.79 Å². The van der Waals surface area contributed by atoms with E-state index in [1.165, 1.54) is 4.68 Å². The molecule has 4 rings (SSSR count). The Morgan fingerprint density at radius 2 is 1.81 bits per heavy atom. The highest BCUT2D eigenvalue weighted by Crippen LogP contribution is 2.26. The van der Waals surface area contributed by atoms with Gasteiger partial charge in [0.25, 0.3) is 5.56 Å². The molecule has 134 valence electrons. The topological polar surface area (TPSA) is 107 Å². The number of nitrogens with one attached hydrogen (secondary N) is 1. The van der Waals surface area contributed by atoms with Crippen LogP contribution in [0.3, 0.4) is 0 Å². The van der Waals surface area contributed by atoms with Crippen molar-refractivity contribution in [2.45, 2.75) is 12.8 Å². The highest BCUT2D eigenvalue weighted by atomic mass is 16.1. The molecule has 1 unspecified atom stereocenters. The summed E-state index contributed by atoms with van der Waals surface area (Å²) >= 11 is 0. The van der Waals surface area contributed by atoms with E-state index in [-0.39, 0.29) is 11.5 Å². The van der Waals surface area contributed by atoms with Crippen LogP contribution < -0.4 is 11.3 Å². The van der Waals surface area contributed by atoms with Gasteiger partial charge in [-0.05, 0) is 30.7 Å². The summed E-state index contributed by atoms with van der Waals surface area (Å²) in [6.07, 6.45) is 0. The molecule has 1 amide bonds. The summed E-state index contributed by atoms with van der Waals surface area (Å²) < 4.78 is 1.48. The summed E-state index contributed by atoms with van der Waals surface area (Å²) in [5, 5.41) is 4.92. The molecule has 2 heterocycles. The van der Waals surface area contributed by atoms with Crippen molar-refractivity contribution in [2.75, 3.05) is 0 Å². The molecule has 0 saturated heterocycles. The number of aryl methyl sites for hydroxylation is 1. The van der Waals surface area contributed by atoms with Crippen LogP contribution in [0.25, 0.3) is 16.9 Å². The first-order valence-electron chi connectivity index (χ1n) is 8.45. The number of aromatic nitrogens is 4. The monoisotopic (exact) mass is 359 g/mol. The number of carbonyl (C=O) groups excluding carboxylic acids is 1. The number of para-hydroxylation sites is 1. The van der Waals surface area contributed by atoms with Crippen molar-refractivity contribution in [3.8, 4) is 5.95 Å². The first-order valence-corrected chi connectivity index (χ1v) is 8.45. The third kappa shape index (κ3) is 2.99. The zero-order valence-electron chi connectivity index (χ0n) is 14.6. The molecule has 7 heteroatoms. The molecule has 2 aromatic carbocycles. The quantitative estimate of drug-likeness (QED) is 0.581. The Morgan fingerprint density at radius 1 is 1.11 bits per heavy atom. The van der Waals surface area contributed by atoms with Crippen molar-refractivity contribution in [3.05, 3.63) is 88.0 Å². The van der Waals surface area contributed by atoms with Crippen LogP contribution in [0, 0.1) is 6.92 Å². The fourth-order valence-electron chi connectivity index (χ4n) is 3.20. The van der Waals surface area contributed by atoms with Crippen molar-refractivity contribution in [2.24, 2.45) is 5.73 Å². The molecule has 0 fully saturated rings. The number of primary amides is 1. The third-order valence-electron chi connectivity index (χ3n) is 4.37. The Balaban J connectivity index is 1.94. The maximum atomic E-state index is 12.4. The van der Waals surface area contributed by atoms with Crippen LogP contribution in [-0.4, -0.2) is 25.7 Å². The minimum absolute atomic E-state index is 0.240. The molecule has 3 N–H and O–H groups in total. The van der Waals surface area contributed by atoms with Crippen LogP contribution in [0.2, 0.25) is 0 Å². The van der Waals surface area contributed by atoms with E-state index >= 15 is 0 Å². The summed E-state index contributed by atoms with van der Waals surface area (Å²) in [4.78, 5) is 32.0. The van der Waals surface area contributed by atoms with E-state index in [4.69, 9.17) is 5.73 Å². The van der Waals surface area contributed by atoms with Crippen molar-refractivity contribution in [1.29, 1.82) is 0 Å². The Labute approximate surface area is 154 Å². The molecular weight excluding hydrogens is 342 g/mol. The number of nitrogens with two attached hydrogens (primary N) is 1. The number of hydrogen-bond acceptors (Lipinski definition) is 4. The molecule has 7 nitrogen and oxygen atoms in total. The van der Waals surface area contributed by atoms with Gasteiger partial charge in [0.05, 0.1) is 22.3 Å². The van der Waals surface area contributed by atoms with E-state index in [0.29, 0.717) is 22.3 Å². The SMILES string of the molecule is Cc1cc(C(C(N)=O)c2ccccc2)n(-c2nc3ccccc3c(=O)[nH]2)n1. The largest absolute Gasteiger partial charge is 0.369 e. The molecule has 0 saturated carbocycles. The summed E-state index contributed by atoms with van der Waals surface area (Å²) in [5.41, 5.74) is 7.95. The van der Waals surface area contributed by atoms with Crippen molar-refractivity contribution < 1.29 is 4.79 Å². The van der Waals surface area contributed by atoms with E-state index in [1.54, 1.807) is 24.3 Å². The predicted molar refractivity (Wildman–Crippen MR) is 102 cm³/mol. The van der Waals surface area contributed by atoms with Gasteiger partial charge in [0, 0.05) is 0 Å². The molecule has 1 atom stereocenters. The van der Waals surface area contributed by atoms with Crippen LogP contribution in [0.4, 0.5) is 0 Å². The van der Waals surface area contributed by atoms with E-state index in [0.717, 1.165) is 5.56 Å². The number of aromatic amines is 1. The molecule has 0 aliphatic carbocycles. The van der Waals surface area contributed by atoms with Gasteiger partial charge in [-0.15, -0.1) is 0 Å². The average molecular weight is 359 g/mol. The van der Waals surface area contributed by atoms with Crippen molar-refractivity contribution in [1.82, 2.24) is 19.7 Å². The zero-order valence-corrected chi connectivity index (χ0v) is 14.6. The van der Waals surface area contributed by atoms with Crippen LogP contribution in [0.15, 0.2) is 65.5 Å². The lowest BCUT2D eigenvalue weighted by Crippen LogP contribution is -2.26. The Kier molecular flexibility index (Phi) is 4.04. The second-order valence-electron chi connectivity index (χ2n) is 6.28. The van der Waals surface area contributed by atoms with Gasteiger partial charge in [-0.25, -0.2) is 9.67 Å². The van der Waals surface area contributed by atoms with E-state index in [9.17, 15) is 9.59 Å². The van der Waals surface area contributed by atoms with Gasteiger partial charge in [0.1, 0.15) is 5.92 Å². The van der Waals surface area contributed by atoms with Crippen LogP contribution in [0.1, 0.15) is 22.9 Å². The van der Waals surface area contributed by atoms with Crippen LogP contribution >= 0.6 is 0 Å². The maximum absolute atomic E-state index is 12.4. The molecular formula is C20H17N5O2. The van der Waals surface area contributed by atoms with Crippen LogP contribution in [0.5, 0.6) is 0 Å². The normalized spacial score (nSPS) is 12.2. The van der Waals surface area contributed by atoms with Crippen molar-refractivity contribution in [3.63, 3.8) is 0 Å². The first kappa shape index (κ1) is 16.7. The lowest BCUT2D eigenvalue weighted by molar-refractivity contribution is -0.118. The molecule has 0 spiro atoms. The summed E-state index contributed by atoms with van der Waals surface area (Å²) in [5.74, 6) is -0.987. The minimum Gasteiger partial charge on any atom is -0.369 e. The number of nitrogens with zero attached hydrogens (tertiary/aromatic N) is 3. The number of hydrogen-bond donors (Lipinski definition) is 2. The van der Waals surface area contributed by atoms with E-state index in [1.807, 2.05) is 43.3 Å². The number of benzene rings is 2. The number of rotatable bonds is 4. The van der Waals surface area contributed by atoms with Gasteiger partial charge in [-0.1, -0.05) is 42.5 Å². The Morgan fingerprint density at radius 3 is 2.56 bits per heavy atom. The van der Waals surface area contributed by atoms with Gasteiger partial charge in [0.2, 0.25) is 11.9 Å². The van der Waals surface area contributed by atoms with E-state index < -0.39 is 11.8 Å². The second-order valence-corrected chi connectivity index (χ2v) is 6.28. The van der Waals surface area contributed by atoms with Gasteiger partial charge in [0.15, 0.2) is 0 Å². The van der Waals surface area contributed by atoms with Crippen molar-refractivity contribution >= 4 is 16.8 Å². The van der Waals surface area contributed by atoms with Gasteiger partial charge in [-0.2, -0.15) is 5.10 Å². The zero-order chi connectivity index (χ0) is 19.0. The molecule has 2 aromatic heterocycles. The summed E-state index contributed by atoms with van der Waals surface area (Å²) in [6.45, 7) is 1.81.